The number of aromatic nitrogens is 4. The molecule has 3 N–H and O–H groups in total. The number of H-pyrrole nitrogens is 2. The number of fused-ring (bicyclic) bond motifs is 3. The Morgan fingerprint density at radius 1 is 0.963 bits per heavy atom. The largest absolute Gasteiger partial charge is 0.393 e. The van der Waals surface area contributed by atoms with Crippen molar-refractivity contribution in [3.63, 3.8) is 0 Å². The molecule has 8 rings (SSSR count). The first-order chi connectivity index (χ1) is 25.8. The zero-order valence-electron chi connectivity index (χ0n) is 31.8. The fourth-order valence-corrected chi connectivity index (χ4v) is 9.95. The van der Waals surface area contributed by atoms with Crippen LogP contribution in [0.15, 0.2) is 60.8 Å². The van der Waals surface area contributed by atoms with Crippen LogP contribution in [-0.4, -0.2) is 94.2 Å². The van der Waals surface area contributed by atoms with E-state index in [1.165, 1.54) is 0 Å². The van der Waals surface area contributed by atoms with Crippen LogP contribution in [0.1, 0.15) is 78.0 Å². The summed E-state index contributed by atoms with van der Waals surface area (Å²) >= 11 is 1.81. The van der Waals surface area contributed by atoms with Crippen LogP contribution in [0.5, 0.6) is 0 Å². The summed E-state index contributed by atoms with van der Waals surface area (Å²) in [5.41, 5.74) is 5.28. The van der Waals surface area contributed by atoms with Crippen molar-refractivity contribution in [3.05, 3.63) is 72.4 Å². The molecule has 0 saturated carbocycles. The Bertz CT molecular complexity index is 2230. The highest BCUT2D eigenvalue weighted by Crippen LogP contribution is 2.66. The summed E-state index contributed by atoms with van der Waals surface area (Å²) in [6.07, 6.45) is 4.99. The first kappa shape index (κ1) is 37.0. The van der Waals surface area contributed by atoms with Gasteiger partial charge < -0.3 is 29.6 Å². The number of piperidine rings is 1. The summed E-state index contributed by atoms with van der Waals surface area (Å²) in [7, 11) is 5.24. The highest BCUT2D eigenvalue weighted by atomic mass is 32.2. The normalized spacial score (nSPS) is 23.7. The monoisotopic (exact) mass is 761 g/mol. The zero-order valence-corrected chi connectivity index (χ0v) is 33.7. The Balaban J connectivity index is 0.986. The summed E-state index contributed by atoms with van der Waals surface area (Å²) in [6.45, 7) is 10.9. The maximum Gasteiger partial charge on any atom is 0.228 e. The van der Waals surface area contributed by atoms with Crippen LogP contribution in [0.2, 0.25) is 5.54 Å². The summed E-state index contributed by atoms with van der Waals surface area (Å²) in [5.74, 6) is 1.35. The van der Waals surface area contributed by atoms with Gasteiger partial charge in [0.25, 0.3) is 0 Å². The average molecular weight is 762 g/mol. The number of aliphatic hydroxyl groups is 1. The number of likely N-dealkylation sites (tertiary alicyclic amines) is 2. The number of rotatable bonds is 10. The van der Waals surface area contributed by atoms with Crippen molar-refractivity contribution in [2.45, 2.75) is 93.7 Å². The summed E-state index contributed by atoms with van der Waals surface area (Å²) < 4.78 is 5.41. The molecule has 3 saturated heterocycles. The average Bonchev–Trinajstić information content (AvgIpc) is 3.55. The molecular weight excluding hydrogens is 713 g/mol. The van der Waals surface area contributed by atoms with Crippen LogP contribution in [0.4, 0.5) is 0 Å². The van der Waals surface area contributed by atoms with Crippen molar-refractivity contribution in [1.29, 1.82) is 0 Å². The lowest BCUT2D eigenvalue weighted by Gasteiger charge is -2.34. The van der Waals surface area contributed by atoms with Crippen LogP contribution in [0.25, 0.3) is 44.2 Å². The second kappa shape index (κ2) is 14.0. The van der Waals surface area contributed by atoms with Gasteiger partial charge in [-0.05, 0) is 98.2 Å². The van der Waals surface area contributed by atoms with E-state index in [4.69, 9.17) is 14.7 Å². The number of hydrogen-bond acceptors (Lipinski definition) is 7. The first-order valence-corrected chi connectivity index (χ1v) is 20.6. The van der Waals surface area contributed by atoms with Gasteiger partial charge in [0.1, 0.15) is 21.8 Å². The van der Waals surface area contributed by atoms with E-state index in [0.717, 1.165) is 94.6 Å². The molecular formula is C42H49N6O4SSi. The molecule has 5 aromatic rings. The van der Waals surface area contributed by atoms with Gasteiger partial charge in [-0.1, -0.05) is 44.2 Å². The molecule has 3 fully saturated rings. The quantitative estimate of drug-likeness (QED) is 0.100. The van der Waals surface area contributed by atoms with E-state index >= 15 is 0 Å². The van der Waals surface area contributed by atoms with E-state index in [2.05, 4.69) is 74.8 Å². The van der Waals surface area contributed by atoms with E-state index in [-0.39, 0.29) is 45.4 Å². The number of aromatic amines is 2. The highest BCUT2D eigenvalue weighted by molar-refractivity contribution is 8.08. The van der Waals surface area contributed by atoms with Gasteiger partial charge in [0.05, 0.1) is 46.6 Å². The molecule has 3 radical (unpaired) electrons. The lowest BCUT2D eigenvalue weighted by molar-refractivity contribution is -0.145. The van der Waals surface area contributed by atoms with Gasteiger partial charge in [-0.2, -0.15) is 0 Å². The minimum absolute atomic E-state index is 0.0528. The van der Waals surface area contributed by atoms with Crippen LogP contribution >= 0.6 is 11.8 Å². The van der Waals surface area contributed by atoms with Gasteiger partial charge in [-0.15, -0.1) is 11.8 Å². The first-order valence-electron chi connectivity index (χ1n) is 19.1. The number of imidazole rings is 2. The maximum atomic E-state index is 13.5. The van der Waals surface area contributed by atoms with Crippen LogP contribution in [0, 0.1) is 11.8 Å². The van der Waals surface area contributed by atoms with E-state index in [0.29, 0.717) is 0 Å². The molecule has 281 valence electrons. The molecule has 3 aromatic carbocycles. The fraction of sp³-hybridized carbons (Fsp3) is 0.476. The molecule has 54 heavy (non-hydrogen) atoms. The number of nitrogens with one attached hydrogen (secondary N) is 2. The second-order valence-electron chi connectivity index (χ2n) is 16.0. The second-order valence-corrected chi connectivity index (χ2v) is 18.1. The van der Waals surface area contributed by atoms with Gasteiger partial charge >= 0.3 is 0 Å². The fourth-order valence-electron chi connectivity index (χ4n) is 8.31. The van der Waals surface area contributed by atoms with Gasteiger partial charge in [0, 0.05) is 41.9 Å². The molecule has 0 spiro atoms. The molecule has 0 aliphatic carbocycles. The van der Waals surface area contributed by atoms with Crippen molar-refractivity contribution >= 4 is 55.6 Å². The highest BCUT2D eigenvalue weighted by Gasteiger charge is 2.64. The molecule has 7 unspecified atom stereocenters. The van der Waals surface area contributed by atoms with Crippen LogP contribution < -0.4 is 0 Å². The molecule has 3 aliphatic heterocycles. The van der Waals surface area contributed by atoms with Gasteiger partial charge in [-0.3, -0.25) is 9.59 Å². The summed E-state index contributed by atoms with van der Waals surface area (Å²) in [4.78, 5) is 47.9. The van der Waals surface area contributed by atoms with Crippen molar-refractivity contribution < 1.29 is 19.4 Å². The topological polar surface area (TPSA) is 127 Å². The Hall–Kier alpha value is -3.97. The Morgan fingerprint density at radius 2 is 1.65 bits per heavy atom. The molecule has 2 amide bonds. The zero-order chi connectivity index (χ0) is 38.1. The van der Waals surface area contributed by atoms with Gasteiger partial charge in [-0.25, -0.2) is 9.97 Å². The lowest BCUT2D eigenvalue weighted by atomic mass is 9.91. The Morgan fingerprint density at radius 3 is 2.39 bits per heavy atom. The van der Waals surface area contributed by atoms with Gasteiger partial charge in [0.15, 0.2) is 0 Å². The molecule has 2 aromatic heterocycles. The SMILES string of the molecule is COC(C)(C)C(C)C(=O)N1CCCC1c1ncc(-c2ccc3cc(-c4ccc5nc(C67CCCN(C(=O)C(C)C([Si])C(C)O)C6S7)[nH]c5c4)ccc3c2)[nH]1. The smallest absolute Gasteiger partial charge is 0.228 e. The number of methoxy groups -OCH3 is 1. The van der Waals surface area contributed by atoms with E-state index in [1.807, 2.05) is 55.5 Å². The number of ether oxygens (including phenoxy) is 1. The number of amides is 2. The molecule has 5 heterocycles. The van der Waals surface area contributed by atoms with Crippen molar-refractivity contribution in [3.8, 4) is 22.4 Å². The standard InChI is InChI=1S/C42H49N6O4SSi/c1-23(35(54)25(3)49)37(50)48-18-8-16-42(40(48)53-42)39-45-31-15-14-29(21-32(31)46-39)27-10-11-28-20-30(13-12-26(28)19-27)33-22-43-36(44-33)34-9-7-17-47(34)38(51)24(2)41(4,5)52-6/h10-15,19-25,34-35,40,49H,7-9,16-18H2,1-6H3,(H,43,44)(H,45,46). The van der Waals surface area contributed by atoms with Crippen molar-refractivity contribution in [1.82, 2.24) is 29.7 Å². The minimum Gasteiger partial charge on any atom is -0.393 e. The van der Waals surface area contributed by atoms with Crippen molar-refractivity contribution in [2.75, 3.05) is 20.2 Å². The minimum atomic E-state index is -0.611. The van der Waals surface area contributed by atoms with Crippen molar-refractivity contribution in [2.24, 2.45) is 11.8 Å². The lowest BCUT2D eigenvalue weighted by Crippen LogP contribution is -2.45. The summed E-state index contributed by atoms with van der Waals surface area (Å²) in [5, 5.41) is 12.4. The number of hydrogen-bond donors (Lipinski definition) is 3. The Labute approximate surface area is 324 Å². The number of carbonyl (C=O) groups is 2. The van der Waals surface area contributed by atoms with E-state index in [9.17, 15) is 14.7 Å². The molecule has 12 heteroatoms. The third-order valence-corrected chi connectivity index (χ3v) is 15.0. The molecule has 10 nitrogen and oxygen atoms in total. The predicted octanol–water partition coefficient (Wildman–Crippen LogP) is 7.36. The molecule has 0 bridgehead atoms. The third kappa shape index (κ3) is 6.38. The number of carbonyl (C=O) groups excluding carboxylic acids is 2. The van der Waals surface area contributed by atoms with Crippen LogP contribution in [-0.2, 0) is 19.1 Å². The maximum absolute atomic E-state index is 13.5. The van der Waals surface area contributed by atoms with E-state index < -0.39 is 11.7 Å². The third-order valence-electron chi connectivity index (χ3n) is 12.4. The summed E-state index contributed by atoms with van der Waals surface area (Å²) in [6, 6.07) is 19.3. The van der Waals surface area contributed by atoms with E-state index in [1.54, 1.807) is 14.0 Å². The number of aliphatic hydroxyl groups excluding tert-OH is 1. The number of nitrogens with zero attached hydrogens (tertiary/aromatic N) is 4. The van der Waals surface area contributed by atoms with Crippen LogP contribution in [0.3, 0.4) is 0 Å². The number of thioether (sulfide) groups is 1. The van der Waals surface area contributed by atoms with Gasteiger partial charge in [0.2, 0.25) is 11.8 Å². The predicted molar refractivity (Wildman–Crippen MR) is 215 cm³/mol. The Kier molecular flexibility index (Phi) is 9.55. The molecule has 7 atom stereocenters. The molecule has 3 aliphatic rings. The number of benzene rings is 3.